The second-order valence-electron chi connectivity index (χ2n) is 6.32. The van der Waals surface area contributed by atoms with Gasteiger partial charge in [-0.1, -0.05) is 41.4 Å². The van der Waals surface area contributed by atoms with Crippen LogP contribution in [0.25, 0.3) is 0 Å². The molecule has 1 amide bonds. The van der Waals surface area contributed by atoms with E-state index in [-0.39, 0.29) is 11.6 Å². The first-order valence-corrected chi connectivity index (χ1v) is 10.1. The lowest BCUT2D eigenvalue weighted by molar-refractivity contribution is -0.123. The van der Waals surface area contributed by atoms with Crippen molar-refractivity contribution in [2.24, 2.45) is 5.10 Å². The molecule has 0 atom stereocenters. The third-order valence-electron chi connectivity index (χ3n) is 4.07. The average Bonchev–Trinajstić information content (AvgIpc) is 2.80. The number of halogens is 2. The summed E-state index contributed by atoms with van der Waals surface area (Å²) in [7, 11) is 1.55. The number of esters is 1. The maximum absolute atomic E-state index is 12.3. The minimum absolute atomic E-state index is 0.228. The van der Waals surface area contributed by atoms with Gasteiger partial charge in [-0.15, -0.1) is 0 Å². The number of amides is 1. The number of hydrogen-bond acceptors (Lipinski definition) is 6. The van der Waals surface area contributed by atoms with Gasteiger partial charge in [0.15, 0.2) is 6.61 Å². The molecule has 0 aliphatic rings. The average molecular weight is 473 g/mol. The highest BCUT2D eigenvalue weighted by Gasteiger charge is 2.10. The van der Waals surface area contributed by atoms with Gasteiger partial charge in [-0.25, -0.2) is 10.2 Å². The fraction of sp³-hybridized carbons (Fsp3) is 0.0870. The van der Waals surface area contributed by atoms with Crippen molar-refractivity contribution in [1.82, 2.24) is 5.43 Å². The Morgan fingerprint density at radius 3 is 2.50 bits per heavy atom. The van der Waals surface area contributed by atoms with E-state index in [4.69, 9.17) is 37.4 Å². The topological polar surface area (TPSA) is 86.2 Å². The SMILES string of the molecule is COc1ccc(C(=O)Oc2cccc(/C=N\NC(=O)COc3cccc(Cl)c3Cl)c2)cc1. The highest BCUT2D eigenvalue weighted by molar-refractivity contribution is 6.42. The van der Waals surface area contributed by atoms with Crippen LogP contribution in [0.1, 0.15) is 15.9 Å². The second kappa shape index (κ2) is 11.2. The number of carbonyl (C=O) groups excluding carboxylic acids is 2. The van der Waals surface area contributed by atoms with Crippen molar-refractivity contribution in [2.45, 2.75) is 0 Å². The van der Waals surface area contributed by atoms with Gasteiger partial charge in [0.25, 0.3) is 5.91 Å². The lowest BCUT2D eigenvalue weighted by Crippen LogP contribution is -2.24. The zero-order chi connectivity index (χ0) is 22.9. The van der Waals surface area contributed by atoms with Gasteiger partial charge in [0.1, 0.15) is 22.3 Å². The number of nitrogens with one attached hydrogen (secondary N) is 1. The zero-order valence-corrected chi connectivity index (χ0v) is 18.4. The lowest BCUT2D eigenvalue weighted by atomic mass is 10.2. The number of rotatable bonds is 8. The van der Waals surface area contributed by atoms with Gasteiger partial charge >= 0.3 is 5.97 Å². The summed E-state index contributed by atoms with van der Waals surface area (Å²) in [4.78, 5) is 24.2. The Labute approximate surface area is 194 Å². The normalized spacial score (nSPS) is 10.6. The molecular formula is C23H18Cl2N2O5. The third-order valence-corrected chi connectivity index (χ3v) is 4.87. The molecule has 1 N–H and O–H groups in total. The maximum atomic E-state index is 12.3. The Morgan fingerprint density at radius 1 is 1.00 bits per heavy atom. The van der Waals surface area contributed by atoms with E-state index in [1.807, 2.05) is 0 Å². The van der Waals surface area contributed by atoms with E-state index >= 15 is 0 Å². The predicted molar refractivity (Wildman–Crippen MR) is 122 cm³/mol. The minimum atomic E-state index is -0.508. The highest BCUT2D eigenvalue weighted by Crippen LogP contribution is 2.31. The van der Waals surface area contributed by atoms with Gasteiger partial charge in [-0.2, -0.15) is 5.10 Å². The fourth-order valence-electron chi connectivity index (χ4n) is 2.50. The molecule has 3 aromatic rings. The highest BCUT2D eigenvalue weighted by atomic mass is 35.5. The number of carbonyl (C=O) groups is 2. The number of benzene rings is 3. The largest absolute Gasteiger partial charge is 0.497 e. The van der Waals surface area contributed by atoms with E-state index in [9.17, 15) is 9.59 Å². The second-order valence-corrected chi connectivity index (χ2v) is 7.11. The first-order valence-electron chi connectivity index (χ1n) is 9.31. The number of nitrogens with zero attached hydrogens (tertiary/aromatic N) is 1. The van der Waals surface area contributed by atoms with Crippen LogP contribution in [-0.4, -0.2) is 31.8 Å². The molecule has 0 aliphatic heterocycles. The van der Waals surface area contributed by atoms with Crippen LogP contribution < -0.4 is 19.6 Å². The van der Waals surface area contributed by atoms with Gasteiger partial charge in [0, 0.05) is 0 Å². The Hall–Kier alpha value is -3.55. The van der Waals surface area contributed by atoms with E-state index in [1.165, 1.54) is 6.21 Å². The van der Waals surface area contributed by atoms with Crippen molar-refractivity contribution in [3.8, 4) is 17.2 Å². The van der Waals surface area contributed by atoms with Crippen LogP contribution >= 0.6 is 23.2 Å². The van der Waals surface area contributed by atoms with Crippen molar-refractivity contribution in [3.05, 3.63) is 87.9 Å². The molecule has 0 saturated carbocycles. The molecule has 0 bridgehead atoms. The van der Waals surface area contributed by atoms with Crippen LogP contribution in [-0.2, 0) is 4.79 Å². The summed E-state index contributed by atoms with van der Waals surface area (Å²) in [5, 5.41) is 4.43. The molecule has 0 saturated heterocycles. The van der Waals surface area contributed by atoms with Crippen molar-refractivity contribution >= 4 is 41.3 Å². The van der Waals surface area contributed by atoms with Crippen LogP contribution in [0.4, 0.5) is 0 Å². The third kappa shape index (κ3) is 6.47. The monoisotopic (exact) mass is 472 g/mol. The minimum Gasteiger partial charge on any atom is -0.497 e. The fourth-order valence-corrected chi connectivity index (χ4v) is 2.85. The van der Waals surface area contributed by atoms with Crippen LogP contribution in [0, 0.1) is 0 Å². The summed E-state index contributed by atoms with van der Waals surface area (Å²) >= 11 is 11.9. The zero-order valence-electron chi connectivity index (χ0n) is 16.9. The molecule has 7 nitrogen and oxygen atoms in total. The van der Waals surface area contributed by atoms with Gasteiger partial charge in [-0.05, 0) is 54.1 Å². The van der Waals surface area contributed by atoms with Crippen LogP contribution in [0.3, 0.4) is 0 Å². The van der Waals surface area contributed by atoms with Crippen molar-refractivity contribution in [1.29, 1.82) is 0 Å². The molecule has 3 aromatic carbocycles. The standard InChI is InChI=1S/C23H18Cl2N2O5/c1-30-17-10-8-16(9-11-17)23(29)32-18-5-2-4-15(12-18)13-26-27-21(28)14-31-20-7-3-6-19(24)22(20)25/h2-13H,14H2,1H3,(H,27,28)/b26-13-. The Bertz CT molecular complexity index is 1130. The number of methoxy groups -OCH3 is 1. The van der Waals surface area contributed by atoms with Crippen LogP contribution in [0.2, 0.25) is 10.0 Å². The van der Waals surface area contributed by atoms with Crippen molar-refractivity contribution in [3.63, 3.8) is 0 Å². The molecule has 0 unspecified atom stereocenters. The Balaban J connectivity index is 1.52. The van der Waals surface area contributed by atoms with E-state index < -0.39 is 11.9 Å². The summed E-state index contributed by atoms with van der Waals surface area (Å²) in [6.07, 6.45) is 1.41. The molecule has 0 radical (unpaired) electrons. The molecule has 0 spiro atoms. The molecule has 9 heteroatoms. The first-order chi connectivity index (χ1) is 15.5. The van der Waals surface area contributed by atoms with Gasteiger partial charge in [0.05, 0.1) is 23.9 Å². The Morgan fingerprint density at radius 2 is 1.75 bits per heavy atom. The van der Waals surface area contributed by atoms with E-state index in [1.54, 1.807) is 73.8 Å². The molecule has 164 valence electrons. The van der Waals surface area contributed by atoms with Crippen LogP contribution in [0.5, 0.6) is 17.2 Å². The smallest absolute Gasteiger partial charge is 0.343 e. The number of hydrogen-bond donors (Lipinski definition) is 1. The quantitative estimate of drug-likeness (QED) is 0.221. The summed E-state index contributed by atoms with van der Waals surface area (Å²) in [6, 6.07) is 18.1. The summed E-state index contributed by atoms with van der Waals surface area (Å²) in [5.41, 5.74) is 3.34. The summed E-state index contributed by atoms with van der Waals surface area (Å²) < 4.78 is 15.8. The van der Waals surface area contributed by atoms with Crippen LogP contribution in [0.15, 0.2) is 71.8 Å². The molecular weight excluding hydrogens is 455 g/mol. The number of hydrazone groups is 1. The molecule has 0 aromatic heterocycles. The van der Waals surface area contributed by atoms with Crippen molar-refractivity contribution in [2.75, 3.05) is 13.7 Å². The molecule has 32 heavy (non-hydrogen) atoms. The Kier molecular flexibility index (Phi) is 8.08. The first kappa shape index (κ1) is 23.1. The van der Waals surface area contributed by atoms with Gasteiger partial charge in [0.2, 0.25) is 0 Å². The van der Waals surface area contributed by atoms with E-state index in [0.717, 1.165) is 0 Å². The van der Waals surface area contributed by atoms with Crippen molar-refractivity contribution < 1.29 is 23.8 Å². The maximum Gasteiger partial charge on any atom is 0.343 e. The summed E-state index contributed by atoms with van der Waals surface area (Å²) in [6.45, 7) is -0.295. The molecule has 0 aliphatic carbocycles. The van der Waals surface area contributed by atoms with Gasteiger partial charge < -0.3 is 14.2 Å². The molecule has 3 rings (SSSR count). The van der Waals surface area contributed by atoms with E-state index in [2.05, 4.69) is 10.5 Å². The molecule has 0 fully saturated rings. The van der Waals surface area contributed by atoms with E-state index in [0.29, 0.717) is 33.4 Å². The number of ether oxygens (including phenoxy) is 3. The lowest BCUT2D eigenvalue weighted by Gasteiger charge is -2.07. The van der Waals surface area contributed by atoms with Gasteiger partial charge in [-0.3, -0.25) is 4.79 Å². The predicted octanol–water partition coefficient (Wildman–Crippen LogP) is 4.75. The summed E-state index contributed by atoms with van der Waals surface area (Å²) in [5.74, 6) is 0.277. The molecule has 0 heterocycles.